The summed E-state index contributed by atoms with van der Waals surface area (Å²) in [7, 11) is 1.68. The van der Waals surface area contributed by atoms with Crippen LogP contribution in [0.2, 0.25) is 5.02 Å². The Kier molecular flexibility index (Phi) is 10.5. The van der Waals surface area contributed by atoms with Crippen LogP contribution in [-0.4, -0.2) is 65.6 Å². The molecule has 0 radical (unpaired) electrons. The van der Waals surface area contributed by atoms with Gasteiger partial charge in [-0.15, -0.1) is 0 Å². The number of anilines is 1. The number of nitrogens with one attached hydrogen (secondary N) is 2. The Morgan fingerprint density at radius 3 is 2.93 bits per heavy atom. The number of hydrogen-bond acceptors (Lipinski definition) is 4. The Hall–Kier alpha value is -1.50. The third-order valence-electron chi connectivity index (χ3n) is 4.84. The molecule has 28 heavy (non-hydrogen) atoms. The number of aryl methyl sites for hydroxylation is 1. The lowest BCUT2D eigenvalue weighted by Crippen LogP contribution is -2.38. The topological polar surface area (TPSA) is 58.1 Å². The molecule has 1 aromatic rings. The first-order valence-corrected chi connectivity index (χ1v) is 10.6. The Morgan fingerprint density at radius 2 is 2.14 bits per heavy atom. The van der Waals surface area contributed by atoms with Crippen molar-refractivity contribution in [2.45, 2.75) is 26.7 Å². The zero-order chi connectivity index (χ0) is 20.2. The van der Waals surface area contributed by atoms with Crippen LogP contribution >= 0.6 is 11.6 Å². The molecule has 2 rings (SSSR count). The predicted octanol–water partition coefficient (Wildman–Crippen LogP) is 3.08. The molecule has 1 unspecified atom stereocenters. The third-order valence-corrected chi connectivity index (χ3v) is 5.07. The Morgan fingerprint density at radius 1 is 1.29 bits per heavy atom. The fraction of sp³-hybridized carbons (Fsp3) is 0.667. The maximum absolute atomic E-state index is 6.18. The average molecular weight is 411 g/mol. The highest BCUT2D eigenvalue weighted by atomic mass is 35.5. The molecule has 0 aromatic heterocycles. The molecular formula is C21H35ClN4O2. The van der Waals surface area contributed by atoms with Crippen LogP contribution in [-0.2, 0) is 9.47 Å². The maximum atomic E-state index is 6.18. The van der Waals surface area contributed by atoms with Gasteiger partial charge in [0.15, 0.2) is 5.96 Å². The van der Waals surface area contributed by atoms with Gasteiger partial charge in [0.05, 0.1) is 13.2 Å². The summed E-state index contributed by atoms with van der Waals surface area (Å²) in [5, 5.41) is 7.51. The van der Waals surface area contributed by atoms with E-state index in [1.165, 1.54) is 11.3 Å². The molecule has 1 fully saturated rings. The van der Waals surface area contributed by atoms with Gasteiger partial charge in [-0.1, -0.05) is 17.7 Å². The van der Waals surface area contributed by atoms with E-state index in [0.29, 0.717) is 19.1 Å². The van der Waals surface area contributed by atoms with Gasteiger partial charge in [0, 0.05) is 57.2 Å². The minimum Gasteiger partial charge on any atom is -0.382 e. The fourth-order valence-corrected chi connectivity index (χ4v) is 3.48. The second-order valence-corrected chi connectivity index (χ2v) is 7.57. The van der Waals surface area contributed by atoms with Gasteiger partial charge in [-0.3, -0.25) is 4.99 Å². The summed E-state index contributed by atoms with van der Waals surface area (Å²) in [6, 6.07) is 6.12. The zero-order valence-corrected chi connectivity index (χ0v) is 18.2. The summed E-state index contributed by atoms with van der Waals surface area (Å²) in [6.45, 7) is 10.9. The first kappa shape index (κ1) is 22.8. The molecular weight excluding hydrogens is 376 g/mol. The number of guanidine groups is 1. The summed E-state index contributed by atoms with van der Waals surface area (Å²) < 4.78 is 10.5. The van der Waals surface area contributed by atoms with Gasteiger partial charge in [-0.25, -0.2) is 0 Å². The molecule has 1 atom stereocenters. The second-order valence-electron chi connectivity index (χ2n) is 7.14. The normalized spacial score (nSPS) is 17.2. The van der Waals surface area contributed by atoms with Crippen molar-refractivity contribution in [1.82, 2.24) is 10.6 Å². The van der Waals surface area contributed by atoms with Crippen molar-refractivity contribution in [3.05, 3.63) is 28.8 Å². The van der Waals surface area contributed by atoms with E-state index in [-0.39, 0.29) is 0 Å². The molecule has 158 valence electrons. The monoisotopic (exact) mass is 410 g/mol. The molecule has 1 saturated heterocycles. The van der Waals surface area contributed by atoms with Crippen molar-refractivity contribution in [3.63, 3.8) is 0 Å². The van der Waals surface area contributed by atoms with E-state index >= 15 is 0 Å². The van der Waals surface area contributed by atoms with E-state index in [4.69, 9.17) is 26.1 Å². The average Bonchev–Trinajstić information content (AvgIpc) is 3.16. The highest BCUT2D eigenvalue weighted by Crippen LogP contribution is 2.29. The largest absolute Gasteiger partial charge is 0.382 e. The second kappa shape index (κ2) is 12.9. The number of ether oxygens (including phenoxy) is 2. The van der Waals surface area contributed by atoms with Crippen LogP contribution in [0.3, 0.4) is 0 Å². The van der Waals surface area contributed by atoms with Crippen LogP contribution < -0.4 is 15.5 Å². The molecule has 1 heterocycles. The molecule has 0 bridgehead atoms. The first-order valence-electron chi connectivity index (χ1n) is 10.2. The number of hydrogen-bond donors (Lipinski definition) is 2. The number of methoxy groups -OCH3 is 1. The molecule has 1 aromatic carbocycles. The SMILES string of the molecule is CCNC(=NCC1CCN(c2cc(Cl)ccc2C)C1)NCCCOCCOC. The number of nitrogens with zero attached hydrogens (tertiary/aromatic N) is 2. The molecule has 0 saturated carbocycles. The van der Waals surface area contributed by atoms with Crippen LogP contribution in [0.4, 0.5) is 5.69 Å². The summed E-state index contributed by atoms with van der Waals surface area (Å²) in [4.78, 5) is 7.22. The third kappa shape index (κ3) is 7.86. The highest BCUT2D eigenvalue weighted by Gasteiger charge is 2.23. The number of aliphatic imine (C=N–C) groups is 1. The summed E-state index contributed by atoms with van der Waals surface area (Å²) >= 11 is 6.18. The van der Waals surface area contributed by atoms with Gasteiger partial charge in [0.25, 0.3) is 0 Å². The van der Waals surface area contributed by atoms with Gasteiger partial charge in [0.1, 0.15) is 0 Å². The van der Waals surface area contributed by atoms with Gasteiger partial charge in [-0.05, 0) is 50.3 Å². The van der Waals surface area contributed by atoms with Gasteiger partial charge >= 0.3 is 0 Å². The standard InChI is InChI=1S/C21H35ClN4O2/c1-4-23-21(24-9-5-11-28-13-12-27-3)25-15-18-8-10-26(16-18)20-14-19(22)7-6-17(20)2/h6-7,14,18H,4-5,8-13,15-16H2,1-3H3,(H2,23,24,25). The lowest BCUT2D eigenvalue weighted by Gasteiger charge is -2.21. The van der Waals surface area contributed by atoms with E-state index < -0.39 is 0 Å². The van der Waals surface area contributed by atoms with Crippen molar-refractivity contribution in [2.24, 2.45) is 10.9 Å². The Balaban J connectivity index is 1.75. The quantitative estimate of drug-likeness (QED) is 0.333. The van der Waals surface area contributed by atoms with Crippen LogP contribution in [0.25, 0.3) is 0 Å². The first-order chi connectivity index (χ1) is 13.6. The molecule has 1 aliphatic heterocycles. The minimum atomic E-state index is 0.561. The van der Waals surface area contributed by atoms with Crippen molar-refractivity contribution in [3.8, 4) is 0 Å². The molecule has 0 aliphatic carbocycles. The van der Waals surface area contributed by atoms with Crippen LogP contribution in [0.5, 0.6) is 0 Å². The lowest BCUT2D eigenvalue weighted by molar-refractivity contribution is 0.0698. The smallest absolute Gasteiger partial charge is 0.191 e. The molecule has 1 aliphatic rings. The number of halogens is 1. The van der Waals surface area contributed by atoms with Crippen LogP contribution in [0.15, 0.2) is 23.2 Å². The summed E-state index contributed by atoms with van der Waals surface area (Å²) in [6.07, 6.45) is 2.10. The summed E-state index contributed by atoms with van der Waals surface area (Å²) in [5.74, 6) is 1.45. The van der Waals surface area contributed by atoms with Crippen molar-refractivity contribution < 1.29 is 9.47 Å². The van der Waals surface area contributed by atoms with E-state index in [9.17, 15) is 0 Å². The van der Waals surface area contributed by atoms with Crippen molar-refractivity contribution >= 4 is 23.2 Å². The van der Waals surface area contributed by atoms with Crippen molar-refractivity contribution in [1.29, 1.82) is 0 Å². The van der Waals surface area contributed by atoms with E-state index in [0.717, 1.165) is 63.2 Å². The van der Waals surface area contributed by atoms with E-state index in [2.05, 4.69) is 41.5 Å². The number of benzene rings is 1. The summed E-state index contributed by atoms with van der Waals surface area (Å²) in [5.41, 5.74) is 2.52. The highest BCUT2D eigenvalue weighted by molar-refractivity contribution is 6.30. The van der Waals surface area contributed by atoms with Crippen molar-refractivity contribution in [2.75, 3.05) is 64.6 Å². The molecule has 0 amide bonds. The predicted molar refractivity (Wildman–Crippen MR) is 118 cm³/mol. The van der Waals surface area contributed by atoms with Gasteiger partial charge in [0.2, 0.25) is 0 Å². The molecule has 0 spiro atoms. The fourth-order valence-electron chi connectivity index (χ4n) is 3.31. The molecule has 7 heteroatoms. The Labute approximate surface area is 174 Å². The lowest BCUT2D eigenvalue weighted by atomic mass is 10.1. The maximum Gasteiger partial charge on any atom is 0.191 e. The van der Waals surface area contributed by atoms with Crippen LogP contribution in [0.1, 0.15) is 25.3 Å². The number of rotatable bonds is 11. The minimum absolute atomic E-state index is 0.561. The molecule has 2 N–H and O–H groups in total. The Bertz CT molecular complexity index is 612. The van der Waals surface area contributed by atoms with E-state index in [1.807, 2.05) is 6.07 Å². The van der Waals surface area contributed by atoms with Gasteiger partial charge < -0.3 is 25.0 Å². The molecule has 6 nitrogen and oxygen atoms in total. The zero-order valence-electron chi connectivity index (χ0n) is 17.5. The van der Waals surface area contributed by atoms with E-state index in [1.54, 1.807) is 7.11 Å². The van der Waals surface area contributed by atoms with Crippen LogP contribution in [0, 0.1) is 12.8 Å². The van der Waals surface area contributed by atoms with Gasteiger partial charge in [-0.2, -0.15) is 0 Å².